The number of rotatable bonds is 10. The molecule has 0 aliphatic heterocycles. The fourth-order valence-corrected chi connectivity index (χ4v) is 2.38. The maximum absolute atomic E-state index is 11.8. The zero-order valence-electron chi connectivity index (χ0n) is 13.7. The number of carbonyl (C=O) groups is 2. The quantitative estimate of drug-likeness (QED) is 0.541. The van der Waals surface area contributed by atoms with Crippen LogP contribution in [0.3, 0.4) is 0 Å². The lowest BCUT2D eigenvalue weighted by atomic mass is 9.85. The SMILES string of the molecule is CSCCCCCCNC(=O)NC(CC(=O)O)C(C)(C)C. The molecule has 0 saturated heterocycles. The molecule has 0 aliphatic rings. The largest absolute Gasteiger partial charge is 0.481 e. The van der Waals surface area contributed by atoms with E-state index in [1.165, 1.54) is 18.6 Å². The Kier molecular flexibility index (Phi) is 10.3. The average Bonchev–Trinajstić information content (AvgIpc) is 2.35. The van der Waals surface area contributed by atoms with E-state index < -0.39 is 5.97 Å². The molecule has 0 aromatic heterocycles. The Hall–Kier alpha value is -0.910. The maximum Gasteiger partial charge on any atom is 0.315 e. The molecule has 0 heterocycles. The average molecular weight is 318 g/mol. The fourth-order valence-electron chi connectivity index (χ4n) is 1.88. The molecule has 0 radical (unpaired) electrons. The second-order valence-electron chi connectivity index (χ2n) is 6.32. The summed E-state index contributed by atoms with van der Waals surface area (Å²) in [5.41, 5.74) is -0.284. The standard InChI is InChI=1S/C15H30N2O3S/c1-15(2,3)12(11-13(18)19)17-14(20)16-9-7-5-6-8-10-21-4/h12H,5-11H2,1-4H3,(H,18,19)(H2,16,17,20). The van der Waals surface area contributed by atoms with Crippen molar-refractivity contribution in [1.82, 2.24) is 10.6 Å². The van der Waals surface area contributed by atoms with Gasteiger partial charge < -0.3 is 15.7 Å². The summed E-state index contributed by atoms with van der Waals surface area (Å²) in [6.07, 6.45) is 6.52. The van der Waals surface area contributed by atoms with Crippen LogP contribution in [0, 0.1) is 5.41 Å². The summed E-state index contributed by atoms with van der Waals surface area (Å²) in [7, 11) is 0. The summed E-state index contributed by atoms with van der Waals surface area (Å²) in [5, 5.41) is 14.5. The zero-order chi connectivity index (χ0) is 16.3. The van der Waals surface area contributed by atoms with Gasteiger partial charge in [-0.1, -0.05) is 33.6 Å². The summed E-state index contributed by atoms with van der Waals surface area (Å²) in [6.45, 7) is 6.40. The molecule has 1 atom stereocenters. The first kappa shape index (κ1) is 20.1. The van der Waals surface area contributed by atoms with Crippen molar-refractivity contribution in [1.29, 1.82) is 0 Å². The lowest BCUT2D eigenvalue weighted by Gasteiger charge is -2.30. The summed E-state index contributed by atoms with van der Waals surface area (Å²) in [5.74, 6) is 0.292. The Balaban J connectivity index is 3.91. The summed E-state index contributed by atoms with van der Waals surface area (Å²) < 4.78 is 0. The minimum absolute atomic E-state index is 0.0639. The van der Waals surface area contributed by atoms with Gasteiger partial charge >= 0.3 is 12.0 Å². The number of aliphatic carboxylic acids is 1. The van der Waals surface area contributed by atoms with E-state index >= 15 is 0 Å². The van der Waals surface area contributed by atoms with Gasteiger partial charge in [0, 0.05) is 12.6 Å². The number of hydrogen-bond acceptors (Lipinski definition) is 3. The Morgan fingerprint density at radius 2 is 1.76 bits per heavy atom. The number of amides is 2. The molecule has 3 N–H and O–H groups in total. The monoisotopic (exact) mass is 318 g/mol. The van der Waals surface area contributed by atoms with Gasteiger partial charge in [-0.25, -0.2) is 4.79 Å². The van der Waals surface area contributed by atoms with Crippen LogP contribution in [0.25, 0.3) is 0 Å². The lowest BCUT2D eigenvalue weighted by Crippen LogP contribution is -2.49. The van der Waals surface area contributed by atoms with E-state index in [1.54, 1.807) is 0 Å². The van der Waals surface area contributed by atoms with Gasteiger partial charge in [-0.3, -0.25) is 4.79 Å². The van der Waals surface area contributed by atoms with E-state index in [4.69, 9.17) is 5.11 Å². The van der Waals surface area contributed by atoms with E-state index in [1.807, 2.05) is 32.5 Å². The van der Waals surface area contributed by atoms with Crippen LogP contribution < -0.4 is 10.6 Å². The van der Waals surface area contributed by atoms with Crippen LogP contribution in [-0.2, 0) is 4.79 Å². The highest BCUT2D eigenvalue weighted by molar-refractivity contribution is 7.98. The van der Waals surface area contributed by atoms with Crippen LogP contribution in [0.1, 0.15) is 52.9 Å². The van der Waals surface area contributed by atoms with E-state index in [0.717, 1.165) is 12.8 Å². The van der Waals surface area contributed by atoms with Crippen molar-refractivity contribution in [3.8, 4) is 0 Å². The number of carbonyl (C=O) groups excluding carboxylic acids is 1. The molecule has 0 bridgehead atoms. The smallest absolute Gasteiger partial charge is 0.315 e. The van der Waals surface area contributed by atoms with E-state index in [9.17, 15) is 9.59 Å². The van der Waals surface area contributed by atoms with Gasteiger partial charge in [0.15, 0.2) is 0 Å². The molecule has 0 aliphatic carbocycles. The molecule has 1 unspecified atom stereocenters. The van der Waals surface area contributed by atoms with Crippen molar-refractivity contribution in [2.75, 3.05) is 18.6 Å². The number of hydrogen-bond donors (Lipinski definition) is 3. The first-order valence-electron chi connectivity index (χ1n) is 7.52. The number of urea groups is 1. The van der Waals surface area contributed by atoms with Crippen molar-refractivity contribution < 1.29 is 14.7 Å². The lowest BCUT2D eigenvalue weighted by molar-refractivity contribution is -0.138. The van der Waals surface area contributed by atoms with Crippen LogP contribution in [0.4, 0.5) is 4.79 Å². The highest BCUT2D eigenvalue weighted by Crippen LogP contribution is 2.21. The van der Waals surface area contributed by atoms with Crippen LogP contribution in [0.5, 0.6) is 0 Å². The van der Waals surface area contributed by atoms with Gasteiger partial charge in [0.25, 0.3) is 0 Å². The predicted octanol–water partition coefficient (Wildman–Crippen LogP) is 3.10. The molecule has 0 aromatic rings. The topological polar surface area (TPSA) is 78.4 Å². The molecule has 21 heavy (non-hydrogen) atoms. The minimum atomic E-state index is -0.899. The van der Waals surface area contributed by atoms with Gasteiger partial charge in [0.1, 0.15) is 0 Å². The number of nitrogens with one attached hydrogen (secondary N) is 2. The van der Waals surface area contributed by atoms with Gasteiger partial charge in [0.2, 0.25) is 0 Å². The molecule has 0 spiro atoms. The van der Waals surface area contributed by atoms with E-state index in [2.05, 4.69) is 16.9 Å². The Morgan fingerprint density at radius 3 is 2.29 bits per heavy atom. The normalized spacial score (nSPS) is 12.8. The minimum Gasteiger partial charge on any atom is -0.481 e. The van der Waals surface area contributed by atoms with Crippen LogP contribution in [0.15, 0.2) is 0 Å². The predicted molar refractivity (Wildman–Crippen MR) is 88.9 cm³/mol. The first-order valence-corrected chi connectivity index (χ1v) is 8.92. The van der Waals surface area contributed by atoms with E-state index in [0.29, 0.717) is 6.54 Å². The molecular formula is C15H30N2O3S. The number of thioether (sulfide) groups is 1. The molecule has 6 heteroatoms. The van der Waals surface area contributed by atoms with Gasteiger partial charge in [-0.15, -0.1) is 0 Å². The van der Waals surface area contributed by atoms with Crippen LogP contribution >= 0.6 is 11.8 Å². The van der Waals surface area contributed by atoms with Crippen molar-refractivity contribution >= 4 is 23.8 Å². The van der Waals surface area contributed by atoms with Gasteiger partial charge in [0.05, 0.1) is 6.42 Å². The molecule has 0 rings (SSSR count). The Bertz CT molecular complexity index is 317. The molecule has 0 aromatic carbocycles. The first-order chi connectivity index (χ1) is 9.77. The number of unbranched alkanes of at least 4 members (excludes halogenated alkanes) is 3. The van der Waals surface area contributed by atoms with Crippen molar-refractivity contribution in [3.05, 3.63) is 0 Å². The molecule has 0 fully saturated rings. The third-order valence-electron chi connectivity index (χ3n) is 3.29. The highest BCUT2D eigenvalue weighted by atomic mass is 32.2. The second kappa shape index (κ2) is 10.8. The fraction of sp³-hybridized carbons (Fsp3) is 0.867. The summed E-state index contributed by atoms with van der Waals surface area (Å²) in [4.78, 5) is 22.6. The van der Waals surface area contributed by atoms with Crippen LogP contribution in [0.2, 0.25) is 0 Å². The van der Waals surface area contributed by atoms with Crippen molar-refractivity contribution in [2.24, 2.45) is 5.41 Å². The van der Waals surface area contributed by atoms with Gasteiger partial charge in [-0.05, 0) is 30.3 Å². The number of carboxylic acids is 1. The molecule has 5 nitrogen and oxygen atoms in total. The number of carboxylic acid groups (broad SMARTS) is 1. The zero-order valence-corrected chi connectivity index (χ0v) is 14.5. The molecule has 124 valence electrons. The summed E-state index contributed by atoms with van der Waals surface area (Å²) in [6, 6.07) is -0.656. The molecular weight excluding hydrogens is 288 g/mol. The van der Waals surface area contributed by atoms with Crippen molar-refractivity contribution in [2.45, 2.75) is 58.9 Å². The van der Waals surface area contributed by atoms with Gasteiger partial charge in [-0.2, -0.15) is 11.8 Å². The summed E-state index contributed by atoms with van der Waals surface area (Å²) >= 11 is 1.86. The third-order valence-corrected chi connectivity index (χ3v) is 3.99. The molecule has 2 amide bonds. The molecule has 0 saturated carbocycles. The van der Waals surface area contributed by atoms with E-state index in [-0.39, 0.29) is 23.9 Å². The van der Waals surface area contributed by atoms with Crippen molar-refractivity contribution in [3.63, 3.8) is 0 Å². The maximum atomic E-state index is 11.8. The van der Waals surface area contributed by atoms with Crippen LogP contribution in [-0.4, -0.2) is 41.7 Å². The third kappa shape index (κ3) is 11.4. The highest BCUT2D eigenvalue weighted by Gasteiger charge is 2.28. The Labute approximate surface area is 132 Å². The Morgan fingerprint density at radius 1 is 1.14 bits per heavy atom. The second-order valence-corrected chi connectivity index (χ2v) is 7.31.